The molecule has 1 fully saturated rings. The minimum Gasteiger partial charge on any atom is -0.466 e. The molecule has 0 aliphatic carbocycles. The van der Waals surface area contributed by atoms with Crippen molar-refractivity contribution in [2.75, 3.05) is 40.0 Å². The second-order valence-corrected chi connectivity index (χ2v) is 5.38. The average molecular weight is 271 g/mol. The van der Waals surface area contributed by atoms with Gasteiger partial charge in [0.05, 0.1) is 13.2 Å². The highest BCUT2D eigenvalue weighted by Crippen LogP contribution is 2.17. The van der Waals surface area contributed by atoms with Crippen molar-refractivity contribution in [3.63, 3.8) is 0 Å². The van der Waals surface area contributed by atoms with Crippen LogP contribution in [0.1, 0.15) is 45.4 Å². The SMILES string of the molecule is CCOC(=O)CCCCCN1CCCC(COC)C1. The molecular formula is C15H29NO3. The number of unbranched alkanes of at least 4 members (excludes halogenated alkanes) is 2. The lowest BCUT2D eigenvalue weighted by Gasteiger charge is -2.32. The first kappa shape index (κ1) is 16.4. The summed E-state index contributed by atoms with van der Waals surface area (Å²) in [5.74, 6) is 0.652. The first-order valence-electron chi connectivity index (χ1n) is 7.63. The van der Waals surface area contributed by atoms with Crippen LogP contribution in [-0.2, 0) is 14.3 Å². The van der Waals surface area contributed by atoms with Crippen LogP contribution >= 0.6 is 0 Å². The van der Waals surface area contributed by atoms with Gasteiger partial charge in [0.25, 0.3) is 0 Å². The van der Waals surface area contributed by atoms with Crippen LogP contribution in [0.15, 0.2) is 0 Å². The molecule has 1 atom stereocenters. The summed E-state index contributed by atoms with van der Waals surface area (Å²) in [7, 11) is 1.79. The number of methoxy groups -OCH3 is 1. The summed E-state index contributed by atoms with van der Waals surface area (Å²) in [6, 6.07) is 0. The van der Waals surface area contributed by atoms with Crippen molar-refractivity contribution in [1.29, 1.82) is 0 Å². The summed E-state index contributed by atoms with van der Waals surface area (Å²) in [6.45, 7) is 6.78. The maximum atomic E-state index is 11.2. The average Bonchev–Trinajstić information content (AvgIpc) is 2.39. The van der Waals surface area contributed by atoms with Gasteiger partial charge in [-0.25, -0.2) is 0 Å². The van der Waals surface area contributed by atoms with Crippen molar-refractivity contribution in [1.82, 2.24) is 4.90 Å². The molecule has 1 aliphatic rings. The largest absolute Gasteiger partial charge is 0.466 e. The van der Waals surface area contributed by atoms with Gasteiger partial charge in [-0.2, -0.15) is 0 Å². The van der Waals surface area contributed by atoms with E-state index in [-0.39, 0.29) is 5.97 Å². The minimum absolute atomic E-state index is 0.0550. The second-order valence-electron chi connectivity index (χ2n) is 5.38. The number of nitrogens with zero attached hydrogens (tertiary/aromatic N) is 1. The van der Waals surface area contributed by atoms with Crippen LogP contribution in [0.2, 0.25) is 0 Å². The third-order valence-corrected chi connectivity index (χ3v) is 3.67. The van der Waals surface area contributed by atoms with Gasteiger partial charge in [-0.15, -0.1) is 0 Å². The highest BCUT2D eigenvalue weighted by molar-refractivity contribution is 5.69. The molecular weight excluding hydrogens is 242 g/mol. The highest BCUT2D eigenvalue weighted by Gasteiger charge is 2.18. The summed E-state index contributed by atoms with van der Waals surface area (Å²) in [5.41, 5.74) is 0. The summed E-state index contributed by atoms with van der Waals surface area (Å²) >= 11 is 0. The van der Waals surface area contributed by atoms with Crippen LogP contribution in [0.3, 0.4) is 0 Å². The number of hydrogen-bond acceptors (Lipinski definition) is 4. The molecule has 0 bridgehead atoms. The Balaban J connectivity index is 2.01. The predicted molar refractivity (Wildman–Crippen MR) is 76.1 cm³/mol. The molecule has 0 amide bonds. The lowest BCUT2D eigenvalue weighted by Crippen LogP contribution is -2.37. The van der Waals surface area contributed by atoms with Crippen LogP contribution < -0.4 is 0 Å². The van der Waals surface area contributed by atoms with E-state index in [0.29, 0.717) is 18.9 Å². The number of ether oxygens (including phenoxy) is 2. The maximum absolute atomic E-state index is 11.2. The van der Waals surface area contributed by atoms with Gasteiger partial charge >= 0.3 is 5.97 Å². The molecule has 0 N–H and O–H groups in total. The molecule has 1 unspecified atom stereocenters. The fourth-order valence-corrected chi connectivity index (χ4v) is 2.74. The zero-order chi connectivity index (χ0) is 13.9. The molecule has 1 rings (SSSR count). The van der Waals surface area contributed by atoms with E-state index >= 15 is 0 Å². The summed E-state index contributed by atoms with van der Waals surface area (Å²) in [4.78, 5) is 13.7. The van der Waals surface area contributed by atoms with Crippen LogP contribution in [0.5, 0.6) is 0 Å². The highest BCUT2D eigenvalue weighted by atomic mass is 16.5. The van der Waals surface area contributed by atoms with E-state index < -0.39 is 0 Å². The van der Waals surface area contributed by atoms with Gasteiger partial charge in [-0.05, 0) is 51.6 Å². The van der Waals surface area contributed by atoms with Gasteiger partial charge in [0.1, 0.15) is 0 Å². The Hall–Kier alpha value is -0.610. The quantitative estimate of drug-likeness (QED) is 0.477. The van der Waals surface area contributed by atoms with Crippen LogP contribution in [0.25, 0.3) is 0 Å². The van der Waals surface area contributed by atoms with Crippen LogP contribution in [0, 0.1) is 5.92 Å². The zero-order valence-electron chi connectivity index (χ0n) is 12.5. The molecule has 0 aromatic carbocycles. The molecule has 0 aromatic heterocycles. The topological polar surface area (TPSA) is 38.8 Å². The van der Waals surface area contributed by atoms with Gasteiger partial charge in [-0.3, -0.25) is 4.79 Å². The van der Waals surface area contributed by atoms with E-state index in [1.165, 1.54) is 32.4 Å². The monoisotopic (exact) mass is 271 g/mol. The van der Waals surface area contributed by atoms with E-state index in [1.54, 1.807) is 7.11 Å². The molecule has 4 nitrogen and oxygen atoms in total. The number of piperidine rings is 1. The third kappa shape index (κ3) is 7.53. The molecule has 19 heavy (non-hydrogen) atoms. The second kappa shape index (κ2) is 10.2. The Labute approximate surface area is 117 Å². The van der Waals surface area contributed by atoms with Gasteiger partial charge in [0.15, 0.2) is 0 Å². The predicted octanol–water partition coefficient (Wildman–Crippen LogP) is 2.47. The smallest absolute Gasteiger partial charge is 0.305 e. The van der Waals surface area contributed by atoms with Gasteiger partial charge in [0, 0.05) is 20.1 Å². The molecule has 0 spiro atoms. The molecule has 1 heterocycles. The molecule has 112 valence electrons. The Morgan fingerprint density at radius 3 is 2.89 bits per heavy atom. The lowest BCUT2D eigenvalue weighted by molar-refractivity contribution is -0.143. The van der Waals surface area contributed by atoms with Crippen molar-refractivity contribution < 1.29 is 14.3 Å². The Morgan fingerprint density at radius 1 is 1.32 bits per heavy atom. The third-order valence-electron chi connectivity index (χ3n) is 3.67. The van der Waals surface area contributed by atoms with Crippen molar-refractivity contribution in [2.45, 2.75) is 45.4 Å². The molecule has 0 saturated carbocycles. The fraction of sp³-hybridized carbons (Fsp3) is 0.933. The minimum atomic E-state index is -0.0550. The van der Waals surface area contributed by atoms with Gasteiger partial charge in [-0.1, -0.05) is 6.42 Å². The number of rotatable bonds is 9. The Kier molecular flexibility index (Phi) is 8.84. The van der Waals surface area contributed by atoms with Gasteiger partial charge < -0.3 is 14.4 Å². The zero-order valence-corrected chi connectivity index (χ0v) is 12.5. The van der Waals surface area contributed by atoms with E-state index in [1.807, 2.05) is 6.92 Å². The number of esters is 1. The van der Waals surface area contributed by atoms with E-state index in [9.17, 15) is 4.79 Å². The Morgan fingerprint density at radius 2 is 2.16 bits per heavy atom. The van der Waals surface area contributed by atoms with Crippen molar-refractivity contribution in [3.8, 4) is 0 Å². The maximum Gasteiger partial charge on any atom is 0.305 e. The lowest BCUT2D eigenvalue weighted by atomic mass is 9.98. The molecule has 1 aliphatic heterocycles. The van der Waals surface area contributed by atoms with Crippen LogP contribution in [-0.4, -0.2) is 50.8 Å². The first-order chi connectivity index (χ1) is 9.26. The molecule has 0 radical (unpaired) electrons. The Bertz CT molecular complexity index is 244. The molecule has 1 saturated heterocycles. The van der Waals surface area contributed by atoms with Crippen LogP contribution in [0.4, 0.5) is 0 Å². The normalized spacial score (nSPS) is 20.4. The summed E-state index contributed by atoms with van der Waals surface area (Å²) in [6.07, 6.45) is 6.40. The molecule has 0 aromatic rings. The number of carbonyl (C=O) groups excluding carboxylic acids is 1. The number of carbonyl (C=O) groups is 1. The van der Waals surface area contributed by atoms with Crippen molar-refractivity contribution >= 4 is 5.97 Å². The van der Waals surface area contributed by atoms with E-state index in [2.05, 4.69) is 4.90 Å². The van der Waals surface area contributed by atoms with E-state index in [4.69, 9.17) is 9.47 Å². The standard InChI is InChI=1S/C15H29NO3/c1-3-19-15(17)9-5-4-6-10-16-11-7-8-14(12-16)13-18-2/h14H,3-13H2,1-2H3. The van der Waals surface area contributed by atoms with E-state index in [0.717, 1.165) is 26.0 Å². The van der Waals surface area contributed by atoms with Crippen molar-refractivity contribution in [2.24, 2.45) is 5.92 Å². The van der Waals surface area contributed by atoms with Crippen molar-refractivity contribution in [3.05, 3.63) is 0 Å². The first-order valence-corrected chi connectivity index (χ1v) is 7.63. The summed E-state index contributed by atoms with van der Waals surface area (Å²) in [5, 5.41) is 0. The number of hydrogen-bond donors (Lipinski definition) is 0. The number of likely N-dealkylation sites (tertiary alicyclic amines) is 1. The molecule has 4 heteroatoms. The van der Waals surface area contributed by atoms with Gasteiger partial charge in [0.2, 0.25) is 0 Å². The summed E-state index contributed by atoms with van der Waals surface area (Å²) < 4.78 is 10.2. The fourth-order valence-electron chi connectivity index (χ4n) is 2.74.